The van der Waals surface area contributed by atoms with Crippen molar-refractivity contribution < 1.29 is 9.84 Å². The molecule has 0 saturated heterocycles. The number of methoxy groups -OCH3 is 1. The molecule has 15 heavy (non-hydrogen) atoms. The smallest absolute Gasteiger partial charge is 0.124 e. The maximum Gasteiger partial charge on any atom is 0.124 e. The Morgan fingerprint density at radius 3 is 3.00 bits per heavy atom. The van der Waals surface area contributed by atoms with Gasteiger partial charge in [0, 0.05) is 11.6 Å². The Hall–Kier alpha value is -1.06. The zero-order chi connectivity index (χ0) is 10.8. The summed E-state index contributed by atoms with van der Waals surface area (Å²) in [5, 5.41) is 10.1. The van der Waals surface area contributed by atoms with Gasteiger partial charge in [0.15, 0.2) is 0 Å². The molecule has 1 aromatic carbocycles. The van der Waals surface area contributed by atoms with E-state index >= 15 is 0 Å². The lowest BCUT2D eigenvalue weighted by Crippen LogP contribution is -2.27. The van der Waals surface area contributed by atoms with Gasteiger partial charge in [-0.1, -0.05) is 12.1 Å². The third kappa shape index (κ3) is 1.85. The van der Waals surface area contributed by atoms with Crippen LogP contribution in [0.5, 0.6) is 5.75 Å². The molecule has 0 saturated carbocycles. The van der Waals surface area contributed by atoms with E-state index in [1.165, 1.54) is 0 Å². The first-order chi connectivity index (χ1) is 7.24. The predicted octanol–water partition coefficient (Wildman–Crippen LogP) is 1.39. The molecule has 3 nitrogen and oxygen atoms in total. The summed E-state index contributed by atoms with van der Waals surface area (Å²) < 4.78 is 5.27. The molecule has 2 atom stereocenters. The summed E-state index contributed by atoms with van der Waals surface area (Å²) in [6, 6.07) is 5.70. The monoisotopic (exact) mass is 207 g/mol. The van der Waals surface area contributed by atoms with Crippen LogP contribution in [0.4, 0.5) is 0 Å². The highest BCUT2D eigenvalue weighted by Gasteiger charge is 2.25. The second-order valence-corrected chi connectivity index (χ2v) is 4.03. The van der Waals surface area contributed by atoms with Crippen LogP contribution in [0, 0.1) is 0 Å². The van der Waals surface area contributed by atoms with Gasteiger partial charge >= 0.3 is 0 Å². The van der Waals surface area contributed by atoms with Crippen molar-refractivity contribution in [3.05, 3.63) is 29.3 Å². The molecule has 0 unspecified atom stereocenters. The second kappa shape index (κ2) is 4.21. The summed E-state index contributed by atoms with van der Waals surface area (Å²) in [4.78, 5) is 0. The highest BCUT2D eigenvalue weighted by molar-refractivity contribution is 5.43. The normalized spacial score (nSPS) is 25.5. The van der Waals surface area contributed by atoms with Crippen molar-refractivity contribution in [2.75, 3.05) is 7.11 Å². The van der Waals surface area contributed by atoms with Crippen molar-refractivity contribution in [2.24, 2.45) is 5.73 Å². The van der Waals surface area contributed by atoms with Crippen LogP contribution in [-0.2, 0) is 6.42 Å². The molecule has 2 rings (SSSR count). The van der Waals surface area contributed by atoms with Crippen LogP contribution in [0.2, 0.25) is 0 Å². The number of benzene rings is 1. The van der Waals surface area contributed by atoms with E-state index in [0.29, 0.717) is 0 Å². The maximum atomic E-state index is 10.1. The van der Waals surface area contributed by atoms with Crippen LogP contribution in [-0.4, -0.2) is 18.3 Å². The average molecular weight is 207 g/mol. The minimum Gasteiger partial charge on any atom is -0.496 e. The second-order valence-electron chi connectivity index (χ2n) is 4.03. The van der Waals surface area contributed by atoms with Gasteiger partial charge in [-0.25, -0.2) is 0 Å². The molecule has 3 N–H and O–H groups in total. The van der Waals surface area contributed by atoms with Crippen LogP contribution >= 0.6 is 0 Å². The number of hydrogen-bond acceptors (Lipinski definition) is 3. The zero-order valence-electron chi connectivity index (χ0n) is 8.94. The molecule has 0 aliphatic heterocycles. The quantitative estimate of drug-likeness (QED) is 0.684. The molecular weight excluding hydrogens is 190 g/mol. The van der Waals surface area contributed by atoms with E-state index in [4.69, 9.17) is 10.5 Å². The van der Waals surface area contributed by atoms with Crippen molar-refractivity contribution >= 4 is 0 Å². The molecule has 3 heteroatoms. The summed E-state index contributed by atoms with van der Waals surface area (Å²) in [5.41, 5.74) is 7.95. The van der Waals surface area contributed by atoms with E-state index in [-0.39, 0.29) is 6.04 Å². The van der Waals surface area contributed by atoms with Crippen molar-refractivity contribution in [3.63, 3.8) is 0 Å². The minimum absolute atomic E-state index is 0.178. The lowest BCUT2D eigenvalue weighted by molar-refractivity contribution is 0.141. The van der Waals surface area contributed by atoms with Gasteiger partial charge in [-0.05, 0) is 30.9 Å². The molecule has 1 aliphatic carbocycles. The van der Waals surface area contributed by atoms with Crippen molar-refractivity contribution in [1.82, 2.24) is 0 Å². The van der Waals surface area contributed by atoms with Crippen LogP contribution in [0.1, 0.15) is 30.1 Å². The molecule has 0 fully saturated rings. The van der Waals surface area contributed by atoms with Gasteiger partial charge in [0.05, 0.1) is 13.2 Å². The van der Waals surface area contributed by atoms with E-state index in [2.05, 4.69) is 0 Å². The van der Waals surface area contributed by atoms with Gasteiger partial charge in [0.1, 0.15) is 5.75 Å². The Bertz CT molecular complexity index is 351. The Morgan fingerprint density at radius 1 is 1.47 bits per heavy atom. The number of rotatable bonds is 1. The molecule has 0 aromatic heterocycles. The fourth-order valence-electron chi connectivity index (χ4n) is 2.22. The fraction of sp³-hybridized carbons (Fsp3) is 0.500. The minimum atomic E-state index is -0.598. The Kier molecular flexibility index (Phi) is 2.93. The van der Waals surface area contributed by atoms with E-state index < -0.39 is 6.10 Å². The molecular formula is C12H17NO2. The largest absolute Gasteiger partial charge is 0.496 e. The zero-order valence-corrected chi connectivity index (χ0v) is 8.94. The fourth-order valence-corrected chi connectivity index (χ4v) is 2.22. The molecule has 0 spiro atoms. The Labute approximate surface area is 89.9 Å². The van der Waals surface area contributed by atoms with E-state index in [9.17, 15) is 5.11 Å². The van der Waals surface area contributed by atoms with Crippen molar-refractivity contribution in [1.29, 1.82) is 0 Å². The van der Waals surface area contributed by atoms with Crippen LogP contribution in [0.15, 0.2) is 18.2 Å². The summed E-state index contributed by atoms with van der Waals surface area (Å²) in [6.07, 6.45) is 2.26. The SMILES string of the molecule is COc1cccc2c1[C@@H](O)[C@H](N)CCC2. The van der Waals surface area contributed by atoms with E-state index in [1.54, 1.807) is 7.11 Å². The number of nitrogens with two attached hydrogens (primary N) is 1. The lowest BCUT2D eigenvalue weighted by atomic mass is 9.98. The number of aryl methyl sites for hydroxylation is 1. The van der Waals surface area contributed by atoms with Gasteiger partial charge in [0.2, 0.25) is 0 Å². The molecule has 1 aromatic rings. The first kappa shape index (κ1) is 10.5. The van der Waals surface area contributed by atoms with Crippen LogP contribution < -0.4 is 10.5 Å². The van der Waals surface area contributed by atoms with E-state index in [0.717, 1.165) is 36.1 Å². The standard InChI is InChI=1S/C12H17NO2/c1-15-10-7-3-5-8-4-2-6-9(13)12(14)11(8)10/h3,5,7,9,12,14H,2,4,6,13H2,1H3/t9-,12+/m1/s1. The van der Waals surface area contributed by atoms with Gasteiger partial charge in [0.25, 0.3) is 0 Å². The third-order valence-electron chi connectivity index (χ3n) is 3.06. The number of aliphatic hydroxyl groups is 1. The number of fused-ring (bicyclic) bond motifs is 1. The summed E-state index contributed by atoms with van der Waals surface area (Å²) >= 11 is 0. The van der Waals surface area contributed by atoms with Crippen LogP contribution in [0.25, 0.3) is 0 Å². The first-order valence-corrected chi connectivity index (χ1v) is 5.33. The molecule has 0 amide bonds. The summed E-state index contributed by atoms with van der Waals surface area (Å²) in [7, 11) is 1.62. The molecule has 82 valence electrons. The number of ether oxygens (including phenoxy) is 1. The highest BCUT2D eigenvalue weighted by Crippen LogP contribution is 2.34. The Balaban J connectivity index is 2.49. The number of aliphatic hydroxyl groups excluding tert-OH is 1. The van der Waals surface area contributed by atoms with Gasteiger partial charge < -0.3 is 15.6 Å². The number of hydrogen-bond donors (Lipinski definition) is 2. The molecule has 0 heterocycles. The third-order valence-corrected chi connectivity index (χ3v) is 3.06. The maximum absolute atomic E-state index is 10.1. The van der Waals surface area contributed by atoms with Gasteiger partial charge in [-0.3, -0.25) is 0 Å². The molecule has 1 aliphatic rings. The van der Waals surface area contributed by atoms with Crippen LogP contribution in [0.3, 0.4) is 0 Å². The summed E-state index contributed by atoms with van der Waals surface area (Å²) in [6.45, 7) is 0. The summed E-state index contributed by atoms with van der Waals surface area (Å²) in [5.74, 6) is 0.748. The molecule has 0 radical (unpaired) electrons. The van der Waals surface area contributed by atoms with Gasteiger partial charge in [-0.2, -0.15) is 0 Å². The van der Waals surface area contributed by atoms with E-state index in [1.807, 2.05) is 18.2 Å². The Morgan fingerprint density at radius 2 is 2.27 bits per heavy atom. The van der Waals surface area contributed by atoms with Crippen molar-refractivity contribution in [2.45, 2.75) is 31.4 Å². The highest BCUT2D eigenvalue weighted by atomic mass is 16.5. The van der Waals surface area contributed by atoms with Crippen molar-refractivity contribution in [3.8, 4) is 5.75 Å². The topological polar surface area (TPSA) is 55.5 Å². The van der Waals surface area contributed by atoms with Gasteiger partial charge in [-0.15, -0.1) is 0 Å². The first-order valence-electron chi connectivity index (χ1n) is 5.33. The molecule has 0 bridgehead atoms. The lowest BCUT2D eigenvalue weighted by Gasteiger charge is -2.20. The average Bonchev–Trinajstić information content (AvgIpc) is 2.40. The predicted molar refractivity (Wildman–Crippen MR) is 58.9 cm³/mol.